The molecule has 1 aliphatic heterocycles. The lowest BCUT2D eigenvalue weighted by Crippen LogP contribution is -2.50. The lowest BCUT2D eigenvalue weighted by molar-refractivity contribution is 0.103. The molecule has 112 valence electrons. The molecule has 0 aromatic heterocycles. The third-order valence-electron chi connectivity index (χ3n) is 4.22. The molecule has 1 aromatic carbocycles. The summed E-state index contributed by atoms with van der Waals surface area (Å²) in [4.78, 5) is 5.14. The van der Waals surface area contributed by atoms with Crippen LogP contribution in [0.2, 0.25) is 5.02 Å². The Bertz CT molecular complexity index is 385. The largest absolute Gasteiger partial charge is 0.384 e. The van der Waals surface area contributed by atoms with E-state index in [1.165, 1.54) is 32.6 Å². The van der Waals surface area contributed by atoms with E-state index in [0.29, 0.717) is 0 Å². The number of hydrogen-bond donors (Lipinski definition) is 1. The van der Waals surface area contributed by atoms with Gasteiger partial charge in [0.25, 0.3) is 0 Å². The van der Waals surface area contributed by atoms with E-state index in [-0.39, 0.29) is 0 Å². The summed E-state index contributed by atoms with van der Waals surface area (Å²) in [5, 5.41) is 4.24. The molecule has 1 unspecified atom stereocenters. The average Bonchev–Trinajstić information content (AvgIpc) is 2.49. The summed E-state index contributed by atoms with van der Waals surface area (Å²) in [6.07, 6.45) is 1.25. The average molecular weight is 296 g/mol. The standard InChI is InChI=1S/C16H26ClN3/c1-3-14(2)20-12-10-19(11-13-20)9-8-18-16-6-4-15(17)5-7-16/h4-7,14,18H,3,8-13H2,1-2H3. The minimum absolute atomic E-state index is 0.726. The van der Waals surface area contributed by atoms with Gasteiger partial charge in [-0.1, -0.05) is 18.5 Å². The van der Waals surface area contributed by atoms with Crippen LogP contribution in [0.1, 0.15) is 20.3 Å². The van der Waals surface area contributed by atoms with Gasteiger partial charge >= 0.3 is 0 Å². The van der Waals surface area contributed by atoms with Crippen LogP contribution in [-0.2, 0) is 0 Å². The maximum atomic E-state index is 5.88. The van der Waals surface area contributed by atoms with E-state index in [0.717, 1.165) is 29.8 Å². The molecule has 1 atom stereocenters. The summed E-state index contributed by atoms with van der Waals surface area (Å²) < 4.78 is 0. The van der Waals surface area contributed by atoms with Crippen LogP contribution >= 0.6 is 11.6 Å². The predicted molar refractivity (Wildman–Crippen MR) is 87.7 cm³/mol. The van der Waals surface area contributed by atoms with Crippen molar-refractivity contribution in [3.05, 3.63) is 29.3 Å². The van der Waals surface area contributed by atoms with Crippen LogP contribution in [-0.4, -0.2) is 55.1 Å². The van der Waals surface area contributed by atoms with E-state index in [9.17, 15) is 0 Å². The molecule has 0 radical (unpaired) electrons. The molecule has 0 bridgehead atoms. The first-order valence-electron chi connectivity index (χ1n) is 7.65. The number of nitrogens with one attached hydrogen (secondary N) is 1. The van der Waals surface area contributed by atoms with Crippen LogP contribution < -0.4 is 5.32 Å². The van der Waals surface area contributed by atoms with Crippen molar-refractivity contribution in [2.24, 2.45) is 0 Å². The maximum Gasteiger partial charge on any atom is 0.0407 e. The van der Waals surface area contributed by atoms with Gasteiger partial charge in [0.2, 0.25) is 0 Å². The molecule has 1 saturated heterocycles. The molecular formula is C16H26ClN3. The predicted octanol–water partition coefficient (Wildman–Crippen LogP) is 3.17. The zero-order valence-corrected chi connectivity index (χ0v) is 13.4. The normalized spacial score (nSPS) is 18.9. The Labute approximate surface area is 127 Å². The van der Waals surface area contributed by atoms with Crippen molar-refractivity contribution in [2.45, 2.75) is 26.3 Å². The number of anilines is 1. The second-order valence-electron chi connectivity index (χ2n) is 5.57. The van der Waals surface area contributed by atoms with Crippen molar-refractivity contribution < 1.29 is 0 Å². The summed E-state index contributed by atoms with van der Waals surface area (Å²) in [5.74, 6) is 0. The quantitative estimate of drug-likeness (QED) is 0.870. The number of hydrogen-bond acceptors (Lipinski definition) is 3. The second kappa shape index (κ2) is 7.87. The topological polar surface area (TPSA) is 18.5 Å². The second-order valence-corrected chi connectivity index (χ2v) is 6.00. The first-order chi connectivity index (χ1) is 9.69. The van der Waals surface area contributed by atoms with E-state index in [1.807, 2.05) is 24.3 Å². The molecule has 0 saturated carbocycles. The molecule has 1 aliphatic rings. The van der Waals surface area contributed by atoms with Crippen LogP contribution in [0.15, 0.2) is 24.3 Å². The van der Waals surface area contributed by atoms with Crippen LogP contribution in [0.3, 0.4) is 0 Å². The molecule has 3 nitrogen and oxygen atoms in total. The van der Waals surface area contributed by atoms with Gasteiger partial charge in [-0.05, 0) is 37.6 Å². The van der Waals surface area contributed by atoms with Crippen molar-refractivity contribution in [1.82, 2.24) is 9.80 Å². The molecular weight excluding hydrogens is 270 g/mol. The van der Waals surface area contributed by atoms with E-state index in [4.69, 9.17) is 11.6 Å². The molecule has 1 heterocycles. The smallest absolute Gasteiger partial charge is 0.0407 e. The van der Waals surface area contributed by atoms with Crippen LogP contribution in [0, 0.1) is 0 Å². The number of halogens is 1. The number of benzene rings is 1. The highest BCUT2D eigenvalue weighted by Gasteiger charge is 2.19. The first-order valence-corrected chi connectivity index (χ1v) is 8.02. The van der Waals surface area contributed by atoms with Crippen molar-refractivity contribution >= 4 is 17.3 Å². The first kappa shape index (κ1) is 15.6. The Hall–Kier alpha value is -0.770. The highest BCUT2D eigenvalue weighted by Crippen LogP contribution is 2.13. The minimum Gasteiger partial charge on any atom is -0.384 e. The number of rotatable bonds is 6. The number of nitrogens with zero attached hydrogens (tertiary/aromatic N) is 2. The Kier molecular flexibility index (Phi) is 6.14. The Morgan fingerprint density at radius 2 is 1.80 bits per heavy atom. The summed E-state index contributed by atoms with van der Waals surface area (Å²) in [7, 11) is 0. The van der Waals surface area contributed by atoms with Crippen molar-refractivity contribution in [2.75, 3.05) is 44.6 Å². The van der Waals surface area contributed by atoms with Crippen molar-refractivity contribution in [3.8, 4) is 0 Å². The molecule has 1 N–H and O–H groups in total. The molecule has 1 fully saturated rings. The molecule has 0 amide bonds. The van der Waals surface area contributed by atoms with Crippen molar-refractivity contribution in [3.63, 3.8) is 0 Å². The molecule has 4 heteroatoms. The Morgan fingerprint density at radius 3 is 2.40 bits per heavy atom. The minimum atomic E-state index is 0.726. The fourth-order valence-corrected chi connectivity index (χ4v) is 2.74. The van der Waals surface area contributed by atoms with Crippen LogP contribution in [0.25, 0.3) is 0 Å². The molecule has 20 heavy (non-hydrogen) atoms. The fourth-order valence-electron chi connectivity index (χ4n) is 2.61. The van der Waals surface area contributed by atoms with Crippen molar-refractivity contribution in [1.29, 1.82) is 0 Å². The summed E-state index contributed by atoms with van der Waals surface area (Å²) in [6, 6.07) is 8.64. The molecule has 0 spiro atoms. The van der Waals surface area contributed by atoms with Gasteiger partial charge in [0, 0.05) is 56.0 Å². The van der Waals surface area contributed by atoms with Gasteiger partial charge < -0.3 is 5.32 Å². The zero-order chi connectivity index (χ0) is 14.4. The summed E-state index contributed by atoms with van der Waals surface area (Å²) in [6.45, 7) is 11.5. The van der Waals surface area contributed by atoms with Gasteiger partial charge in [0.15, 0.2) is 0 Å². The fraction of sp³-hybridized carbons (Fsp3) is 0.625. The lowest BCUT2D eigenvalue weighted by Gasteiger charge is -2.37. The Balaban J connectivity index is 1.65. The third kappa shape index (κ3) is 4.65. The van der Waals surface area contributed by atoms with Crippen LogP contribution in [0.4, 0.5) is 5.69 Å². The van der Waals surface area contributed by atoms with E-state index in [2.05, 4.69) is 29.0 Å². The lowest BCUT2D eigenvalue weighted by atomic mass is 10.2. The summed E-state index contributed by atoms with van der Waals surface area (Å²) in [5.41, 5.74) is 1.15. The molecule has 1 aromatic rings. The summed E-state index contributed by atoms with van der Waals surface area (Å²) >= 11 is 5.88. The van der Waals surface area contributed by atoms with Gasteiger partial charge in [-0.15, -0.1) is 0 Å². The monoisotopic (exact) mass is 295 g/mol. The van der Waals surface area contributed by atoms with Gasteiger partial charge in [-0.3, -0.25) is 9.80 Å². The molecule has 0 aliphatic carbocycles. The van der Waals surface area contributed by atoms with Gasteiger partial charge in [-0.2, -0.15) is 0 Å². The highest BCUT2D eigenvalue weighted by atomic mass is 35.5. The van der Waals surface area contributed by atoms with E-state index in [1.54, 1.807) is 0 Å². The van der Waals surface area contributed by atoms with E-state index >= 15 is 0 Å². The van der Waals surface area contributed by atoms with Gasteiger partial charge in [0.1, 0.15) is 0 Å². The SMILES string of the molecule is CCC(C)N1CCN(CCNc2ccc(Cl)cc2)CC1. The zero-order valence-electron chi connectivity index (χ0n) is 12.6. The number of piperazine rings is 1. The van der Waals surface area contributed by atoms with Crippen LogP contribution in [0.5, 0.6) is 0 Å². The van der Waals surface area contributed by atoms with E-state index < -0.39 is 0 Å². The van der Waals surface area contributed by atoms with Gasteiger partial charge in [0.05, 0.1) is 0 Å². The maximum absolute atomic E-state index is 5.88. The highest BCUT2D eigenvalue weighted by molar-refractivity contribution is 6.30. The Morgan fingerprint density at radius 1 is 1.15 bits per heavy atom. The third-order valence-corrected chi connectivity index (χ3v) is 4.47. The molecule has 2 rings (SSSR count). The van der Waals surface area contributed by atoms with Gasteiger partial charge in [-0.25, -0.2) is 0 Å².